The first-order chi connectivity index (χ1) is 10.0. The van der Waals surface area contributed by atoms with E-state index in [1.165, 1.54) is 17.7 Å². The van der Waals surface area contributed by atoms with Gasteiger partial charge in [-0.3, -0.25) is 10.1 Å². The summed E-state index contributed by atoms with van der Waals surface area (Å²) in [7, 11) is 0. The highest BCUT2D eigenvalue weighted by atomic mass is 16.6. The Hall–Kier alpha value is -2.69. The van der Waals surface area contributed by atoms with E-state index in [-0.39, 0.29) is 5.69 Å². The summed E-state index contributed by atoms with van der Waals surface area (Å²) in [5.41, 5.74) is 3.14. The number of oxazole rings is 1. The van der Waals surface area contributed by atoms with Gasteiger partial charge in [0.05, 0.1) is 11.0 Å². The van der Waals surface area contributed by atoms with Gasteiger partial charge in [0.25, 0.3) is 5.69 Å². The fourth-order valence-electron chi connectivity index (χ4n) is 2.16. The third-order valence-corrected chi connectivity index (χ3v) is 3.41. The highest BCUT2D eigenvalue weighted by Crippen LogP contribution is 2.28. The quantitative estimate of drug-likeness (QED) is 0.523. The molecule has 21 heavy (non-hydrogen) atoms. The molecule has 106 valence electrons. The van der Waals surface area contributed by atoms with Gasteiger partial charge in [-0.15, -0.1) is 0 Å². The lowest BCUT2D eigenvalue weighted by Gasteiger charge is -2.04. The van der Waals surface area contributed by atoms with E-state index in [1.54, 1.807) is 6.07 Å². The first kappa shape index (κ1) is 13.3. The van der Waals surface area contributed by atoms with E-state index in [0.29, 0.717) is 22.9 Å². The van der Waals surface area contributed by atoms with Gasteiger partial charge in [-0.1, -0.05) is 26.0 Å². The minimum absolute atomic E-state index is 0.000329. The van der Waals surface area contributed by atoms with Crippen LogP contribution in [0.25, 0.3) is 22.6 Å². The molecule has 0 N–H and O–H groups in total. The van der Waals surface area contributed by atoms with Gasteiger partial charge in [0.1, 0.15) is 5.52 Å². The van der Waals surface area contributed by atoms with E-state index in [4.69, 9.17) is 4.42 Å². The summed E-state index contributed by atoms with van der Waals surface area (Å²) in [4.78, 5) is 14.7. The second-order valence-corrected chi connectivity index (χ2v) is 5.20. The molecule has 3 rings (SSSR count). The van der Waals surface area contributed by atoms with Gasteiger partial charge in [0.15, 0.2) is 5.58 Å². The number of nitro groups is 1. The van der Waals surface area contributed by atoms with Crippen molar-refractivity contribution in [2.45, 2.75) is 19.8 Å². The number of aromatic nitrogens is 1. The van der Waals surface area contributed by atoms with Crippen molar-refractivity contribution < 1.29 is 9.34 Å². The normalized spacial score (nSPS) is 11.2. The summed E-state index contributed by atoms with van der Waals surface area (Å²) in [6.07, 6.45) is 0. The average molecular weight is 282 g/mol. The highest BCUT2D eigenvalue weighted by molar-refractivity contribution is 5.78. The first-order valence-electron chi connectivity index (χ1n) is 6.70. The summed E-state index contributed by atoms with van der Waals surface area (Å²) >= 11 is 0. The van der Waals surface area contributed by atoms with Crippen molar-refractivity contribution >= 4 is 16.8 Å². The highest BCUT2D eigenvalue weighted by Gasteiger charge is 2.13. The molecule has 0 saturated heterocycles. The molecule has 3 aromatic rings. The summed E-state index contributed by atoms with van der Waals surface area (Å²) in [5, 5.41) is 10.8. The van der Waals surface area contributed by atoms with E-state index < -0.39 is 4.92 Å². The molecular weight excluding hydrogens is 268 g/mol. The van der Waals surface area contributed by atoms with Crippen molar-refractivity contribution in [3.05, 3.63) is 58.1 Å². The maximum Gasteiger partial charge on any atom is 0.273 e. The zero-order valence-electron chi connectivity index (χ0n) is 11.7. The van der Waals surface area contributed by atoms with Crippen molar-refractivity contribution in [2.75, 3.05) is 0 Å². The molecule has 0 unspecified atom stereocenters. The second-order valence-electron chi connectivity index (χ2n) is 5.20. The van der Waals surface area contributed by atoms with Crippen molar-refractivity contribution in [1.29, 1.82) is 0 Å². The lowest BCUT2D eigenvalue weighted by molar-refractivity contribution is -0.384. The number of fused-ring (bicyclic) bond motifs is 1. The number of rotatable bonds is 3. The third-order valence-electron chi connectivity index (χ3n) is 3.41. The minimum Gasteiger partial charge on any atom is -0.436 e. The van der Waals surface area contributed by atoms with Crippen LogP contribution in [0.4, 0.5) is 5.69 Å². The van der Waals surface area contributed by atoms with Crippen LogP contribution in [-0.2, 0) is 0 Å². The minimum atomic E-state index is -0.445. The van der Waals surface area contributed by atoms with Crippen LogP contribution in [-0.4, -0.2) is 9.91 Å². The maximum atomic E-state index is 10.8. The van der Waals surface area contributed by atoms with E-state index >= 15 is 0 Å². The lowest BCUT2D eigenvalue weighted by atomic mass is 10.0. The lowest BCUT2D eigenvalue weighted by Crippen LogP contribution is -1.86. The van der Waals surface area contributed by atoms with Crippen molar-refractivity contribution in [3.63, 3.8) is 0 Å². The van der Waals surface area contributed by atoms with Crippen LogP contribution in [0.5, 0.6) is 0 Å². The molecule has 0 radical (unpaired) electrons. The molecule has 0 aliphatic heterocycles. The number of nitrogens with zero attached hydrogens (tertiary/aromatic N) is 2. The molecule has 1 aromatic heterocycles. The van der Waals surface area contributed by atoms with E-state index in [2.05, 4.69) is 18.8 Å². The van der Waals surface area contributed by atoms with Gasteiger partial charge in [0, 0.05) is 11.6 Å². The van der Waals surface area contributed by atoms with Gasteiger partial charge in [0.2, 0.25) is 5.89 Å². The molecule has 0 aliphatic carbocycles. The van der Waals surface area contributed by atoms with Gasteiger partial charge in [-0.2, -0.15) is 0 Å². The molecule has 0 fully saturated rings. The third kappa shape index (κ3) is 2.50. The Bertz CT molecular complexity index is 804. The van der Waals surface area contributed by atoms with E-state index in [1.807, 2.05) is 24.3 Å². The van der Waals surface area contributed by atoms with Crippen LogP contribution >= 0.6 is 0 Å². The molecular formula is C16H14N2O3. The maximum absolute atomic E-state index is 10.8. The molecule has 0 spiro atoms. The number of non-ortho nitro benzene ring substituents is 1. The number of nitro benzene ring substituents is 1. The summed E-state index contributed by atoms with van der Waals surface area (Å²) < 4.78 is 5.63. The molecule has 0 aliphatic rings. The Balaban J connectivity index is 2.02. The van der Waals surface area contributed by atoms with Gasteiger partial charge in [-0.25, -0.2) is 4.98 Å². The molecule has 0 atom stereocenters. The van der Waals surface area contributed by atoms with Crippen LogP contribution in [0.1, 0.15) is 25.3 Å². The predicted molar refractivity (Wildman–Crippen MR) is 80.2 cm³/mol. The molecule has 0 amide bonds. The van der Waals surface area contributed by atoms with Crippen molar-refractivity contribution in [3.8, 4) is 11.5 Å². The Kier molecular flexibility index (Phi) is 3.17. The molecule has 1 heterocycles. The molecule has 5 nitrogen and oxygen atoms in total. The van der Waals surface area contributed by atoms with Gasteiger partial charge >= 0.3 is 0 Å². The van der Waals surface area contributed by atoms with Crippen LogP contribution < -0.4 is 0 Å². The smallest absolute Gasteiger partial charge is 0.273 e. The van der Waals surface area contributed by atoms with Crippen molar-refractivity contribution in [1.82, 2.24) is 4.98 Å². The Morgan fingerprint density at radius 1 is 1.14 bits per heavy atom. The Morgan fingerprint density at radius 2 is 1.86 bits per heavy atom. The zero-order chi connectivity index (χ0) is 15.0. The number of hydrogen-bond acceptors (Lipinski definition) is 4. The predicted octanol–water partition coefficient (Wildman–Crippen LogP) is 4.53. The molecule has 0 bridgehead atoms. The zero-order valence-corrected chi connectivity index (χ0v) is 11.7. The van der Waals surface area contributed by atoms with Crippen LogP contribution in [0.15, 0.2) is 46.9 Å². The summed E-state index contributed by atoms with van der Waals surface area (Å²) in [5.74, 6) is 0.936. The van der Waals surface area contributed by atoms with Crippen LogP contribution in [0.3, 0.4) is 0 Å². The number of hydrogen-bond donors (Lipinski definition) is 0. The Morgan fingerprint density at radius 3 is 2.48 bits per heavy atom. The fourth-order valence-corrected chi connectivity index (χ4v) is 2.16. The first-order valence-corrected chi connectivity index (χ1v) is 6.70. The molecule has 0 saturated carbocycles. The second kappa shape index (κ2) is 5.01. The SMILES string of the molecule is CC(C)c1ccc(-c2nc3ccc([N+](=O)[O-])cc3o2)cc1. The van der Waals surface area contributed by atoms with Crippen LogP contribution in [0.2, 0.25) is 0 Å². The van der Waals surface area contributed by atoms with Gasteiger partial charge in [-0.05, 0) is 29.7 Å². The van der Waals surface area contributed by atoms with E-state index in [0.717, 1.165) is 5.56 Å². The summed E-state index contributed by atoms with van der Waals surface area (Å²) in [6, 6.07) is 12.4. The standard InChI is InChI=1S/C16H14N2O3/c1-10(2)11-3-5-12(6-4-11)16-17-14-8-7-13(18(19)20)9-15(14)21-16/h3-10H,1-2H3. The van der Waals surface area contributed by atoms with Crippen LogP contribution in [0, 0.1) is 10.1 Å². The number of benzene rings is 2. The fraction of sp³-hybridized carbons (Fsp3) is 0.188. The summed E-state index contributed by atoms with van der Waals surface area (Å²) in [6.45, 7) is 4.27. The average Bonchev–Trinajstić information content (AvgIpc) is 2.90. The molecule has 2 aromatic carbocycles. The monoisotopic (exact) mass is 282 g/mol. The Labute approximate surface area is 121 Å². The largest absolute Gasteiger partial charge is 0.436 e. The van der Waals surface area contributed by atoms with E-state index in [9.17, 15) is 10.1 Å². The molecule has 5 heteroatoms. The topological polar surface area (TPSA) is 69.2 Å². The van der Waals surface area contributed by atoms with Crippen molar-refractivity contribution in [2.24, 2.45) is 0 Å². The van der Waals surface area contributed by atoms with Gasteiger partial charge < -0.3 is 4.42 Å².